The van der Waals surface area contributed by atoms with Crippen molar-refractivity contribution in [2.75, 3.05) is 19.5 Å². The van der Waals surface area contributed by atoms with E-state index in [1.807, 2.05) is 6.07 Å². The lowest BCUT2D eigenvalue weighted by Gasteiger charge is -2.11. The maximum Gasteiger partial charge on any atom is 0.251 e. The number of rotatable bonds is 6. The number of fused-ring (bicyclic) bond motifs is 1. The highest BCUT2D eigenvalue weighted by molar-refractivity contribution is 7.17. The monoisotopic (exact) mass is 386 g/mol. The Bertz CT molecular complexity index is 902. The molecule has 1 aromatic carbocycles. The third-order valence-electron chi connectivity index (χ3n) is 4.49. The van der Waals surface area contributed by atoms with Gasteiger partial charge in [-0.15, -0.1) is 11.3 Å². The van der Waals surface area contributed by atoms with Crippen LogP contribution in [0.4, 0.5) is 5.00 Å². The van der Waals surface area contributed by atoms with Crippen molar-refractivity contribution in [1.29, 1.82) is 0 Å². The van der Waals surface area contributed by atoms with Gasteiger partial charge < -0.3 is 20.5 Å². The standard InChI is InChI=1S/C20H22N2O4S/c1-25-14-9-7-12(11-15(14)26-2)8-10-17(23)22-20-18(19(21)24)13-5-3-4-6-16(13)27-20/h7-11H,3-6H2,1-2H3,(H2,21,24)(H,22,23)/b10-8+. The minimum atomic E-state index is -0.492. The Morgan fingerprint density at radius 1 is 1.15 bits per heavy atom. The van der Waals surface area contributed by atoms with Crippen molar-refractivity contribution in [2.45, 2.75) is 25.7 Å². The van der Waals surface area contributed by atoms with E-state index in [1.165, 1.54) is 17.4 Å². The zero-order valence-electron chi connectivity index (χ0n) is 15.3. The highest BCUT2D eigenvalue weighted by Gasteiger charge is 2.24. The fourth-order valence-electron chi connectivity index (χ4n) is 3.20. The molecule has 0 spiro atoms. The summed E-state index contributed by atoms with van der Waals surface area (Å²) in [6.45, 7) is 0. The Hall–Kier alpha value is -2.80. The van der Waals surface area contributed by atoms with Crippen molar-refractivity contribution in [3.05, 3.63) is 45.8 Å². The van der Waals surface area contributed by atoms with E-state index in [2.05, 4.69) is 5.32 Å². The maximum absolute atomic E-state index is 12.4. The number of anilines is 1. The van der Waals surface area contributed by atoms with Crippen LogP contribution in [-0.4, -0.2) is 26.0 Å². The molecule has 1 aliphatic rings. The van der Waals surface area contributed by atoms with Crippen LogP contribution in [0.5, 0.6) is 11.5 Å². The number of hydrogen-bond donors (Lipinski definition) is 2. The predicted octanol–water partition coefficient (Wildman–Crippen LogP) is 3.39. The summed E-state index contributed by atoms with van der Waals surface area (Å²) >= 11 is 1.45. The maximum atomic E-state index is 12.4. The normalized spacial score (nSPS) is 13.3. The van der Waals surface area contributed by atoms with Crippen molar-refractivity contribution < 1.29 is 19.1 Å². The lowest BCUT2D eigenvalue weighted by Crippen LogP contribution is -2.17. The van der Waals surface area contributed by atoms with E-state index in [1.54, 1.807) is 32.4 Å². The van der Waals surface area contributed by atoms with Gasteiger partial charge in [-0.1, -0.05) is 6.07 Å². The highest BCUT2D eigenvalue weighted by atomic mass is 32.1. The lowest BCUT2D eigenvalue weighted by atomic mass is 9.95. The molecule has 3 N–H and O–H groups in total. The molecule has 0 unspecified atom stereocenters. The highest BCUT2D eigenvalue weighted by Crippen LogP contribution is 2.38. The van der Waals surface area contributed by atoms with Gasteiger partial charge in [-0.2, -0.15) is 0 Å². The summed E-state index contributed by atoms with van der Waals surface area (Å²) in [6, 6.07) is 5.38. The number of nitrogens with one attached hydrogen (secondary N) is 1. The van der Waals surface area contributed by atoms with Gasteiger partial charge in [-0.05, 0) is 55.0 Å². The van der Waals surface area contributed by atoms with E-state index in [0.29, 0.717) is 22.1 Å². The summed E-state index contributed by atoms with van der Waals surface area (Å²) in [5.74, 6) is 0.399. The molecule has 0 atom stereocenters. The molecule has 1 heterocycles. The summed E-state index contributed by atoms with van der Waals surface area (Å²) in [6.07, 6.45) is 6.99. The first-order valence-electron chi connectivity index (χ1n) is 8.69. The van der Waals surface area contributed by atoms with Crippen LogP contribution >= 0.6 is 11.3 Å². The van der Waals surface area contributed by atoms with Gasteiger partial charge in [-0.25, -0.2) is 0 Å². The molecule has 7 heteroatoms. The van der Waals surface area contributed by atoms with Crippen LogP contribution in [0.15, 0.2) is 24.3 Å². The number of aryl methyl sites for hydroxylation is 1. The van der Waals surface area contributed by atoms with Crippen LogP contribution in [0.1, 0.15) is 39.2 Å². The second kappa shape index (κ2) is 8.26. The van der Waals surface area contributed by atoms with E-state index in [-0.39, 0.29) is 5.91 Å². The Morgan fingerprint density at radius 3 is 2.59 bits per heavy atom. The van der Waals surface area contributed by atoms with E-state index in [4.69, 9.17) is 15.2 Å². The Kier molecular flexibility index (Phi) is 5.81. The number of carbonyl (C=O) groups excluding carboxylic acids is 2. The van der Waals surface area contributed by atoms with Gasteiger partial charge in [0.1, 0.15) is 5.00 Å². The number of carbonyl (C=O) groups is 2. The summed E-state index contributed by atoms with van der Waals surface area (Å²) in [5, 5.41) is 3.34. The van der Waals surface area contributed by atoms with Crippen molar-refractivity contribution in [1.82, 2.24) is 0 Å². The molecular formula is C20H22N2O4S. The minimum Gasteiger partial charge on any atom is -0.493 e. The third-order valence-corrected chi connectivity index (χ3v) is 5.70. The van der Waals surface area contributed by atoms with Gasteiger partial charge in [0.05, 0.1) is 19.8 Å². The Morgan fingerprint density at radius 2 is 1.89 bits per heavy atom. The largest absolute Gasteiger partial charge is 0.493 e. The van der Waals surface area contributed by atoms with Crippen LogP contribution in [0.3, 0.4) is 0 Å². The molecule has 0 saturated heterocycles. The smallest absolute Gasteiger partial charge is 0.251 e. The minimum absolute atomic E-state index is 0.314. The topological polar surface area (TPSA) is 90.6 Å². The second-order valence-corrected chi connectivity index (χ2v) is 7.32. The van der Waals surface area contributed by atoms with Gasteiger partial charge in [0.25, 0.3) is 5.91 Å². The summed E-state index contributed by atoms with van der Waals surface area (Å²) in [4.78, 5) is 25.4. The first-order valence-corrected chi connectivity index (χ1v) is 9.50. The van der Waals surface area contributed by atoms with E-state index in [0.717, 1.165) is 41.7 Å². The van der Waals surface area contributed by atoms with Gasteiger partial charge in [0.15, 0.2) is 11.5 Å². The molecule has 3 rings (SSSR count). The summed E-state index contributed by atoms with van der Waals surface area (Å²) < 4.78 is 10.5. The fraction of sp³-hybridized carbons (Fsp3) is 0.300. The molecule has 0 aliphatic heterocycles. The van der Waals surface area contributed by atoms with E-state index in [9.17, 15) is 9.59 Å². The number of ether oxygens (including phenoxy) is 2. The molecule has 0 bridgehead atoms. The van der Waals surface area contributed by atoms with E-state index < -0.39 is 5.91 Å². The molecule has 6 nitrogen and oxygen atoms in total. The van der Waals surface area contributed by atoms with Crippen LogP contribution in [0.25, 0.3) is 6.08 Å². The number of methoxy groups -OCH3 is 2. The molecule has 1 aromatic heterocycles. The fourth-order valence-corrected chi connectivity index (χ4v) is 4.49. The van der Waals surface area contributed by atoms with Crippen molar-refractivity contribution in [3.8, 4) is 11.5 Å². The number of primary amides is 1. The summed E-state index contributed by atoms with van der Waals surface area (Å²) in [5.41, 5.74) is 7.81. The molecule has 1 aliphatic carbocycles. The van der Waals surface area contributed by atoms with Gasteiger partial charge in [0, 0.05) is 11.0 Å². The molecule has 0 saturated carbocycles. The average Bonchev–Trinajstić information content (AvgIpc) is 3.03. The quantitative estimate of drug-likeness (QED) is 0.745. The third kappa shape index (κ3) is 4.14. The second-order valence-electron chi connectivity index (χ2n) is 6.22. The van der Waals surface area contributed by atoms with Crippen molar-refractivity contribution >= 4 is 34.2 Å². The Balaban J connectivity index is 1.77. The van der Waals surface area contributed by atoms with Gasteiger partial charge in [-0.3, -0.25) is 9.59 Å². The summed E-state index contributed by atoms with van der Waals surface area (Å²) in [7, 11) is 3.12. The zero-order chi connectivity index (χ0) is 19.4. The zero-order valence-corrected chi connectivity index (χ0v) is 16.2. The Labute approximate surface area is 162 Å². The van der Waals surface area contributed by atoms with Crippen LogP contribution in [-0.2, 0) is 17.6 Å². The number of amides is 2. The first kappa shape index (κ1) is 19.0. The molecule has 27 heavy (non-hydrogen) atoms. The van der Waals surface area contributed by atoms with Crippen molar-refractivity contribution in [2.24, 2.45) is 5.73 Å². The van der Waals surface area contributed by atoms with Crippen LogP contribution in [0, 0.1) is 0 Å². The van der Waals surface area contributed by atoms with Crippen molar-refractivity contribution in [3.63, 3.8) is 0 Å². The number of hydrogen-bond acceptors (Lipinski definition) is 5. The number of benzene rings is 1. The van der Waals surface area contributed by atoms with Crippen LogP contribution < -0.4 is 20.5 Å². The van der Waals surface area contributed by atoms with Crippen LogP contribution in [0.2, 0.25) is 0 Å². The first-order chi connectivity index (χ1) is 13.0. The van der Waals surface area contributed by atoms with Gasteiger partial charge >= 0.3 is 0 Å². The van der Waals surface area contributed by atoms with Gasteiger partial charge in [0.2, 0.25) is 5.91 Å². The lowest BCUT2D eigenvalue weighted by molar-refractivity contribution is -0.111. The number of thiophene rings is 1. The SMILES string of the molecule is COc1ccc(/C=C/C(=O)Nc2sc3c(c2C(N)=O)CCCC3)cc1OC. The molecule has 0 fully saturated rings. The molecule has 2 aromatic rings. The molecule has 2 amide bonds. The average molecular weight is 386 g/mol. The number of nitrogens with two attached hydrogens (primary N) is 1. The predicted molar refractivity (Wildman–Crippen MR) is 107 cm³/mol. The molecule has 0 radical (unpaired) electrons. The molecular weight excluding hydrogens is 364 g/mol. The van der Waals surface area contributed by atoms with E-state index >= 15 is 0 Å². The molecule has 142 valence electrons.